The Bertz CT molecular complexity index is 1600. The van der Waals surface area contributed by atoms with Crippen molar-refractivity contribution in [2.75, 3.05) is 7.11 Å². The van der Waals surface area contributed by atoms with E-state index in [1.807, 2.05) is 42.5 Å². The van der Waals surface area contributed by atoms with Crippen LogP contribution in [0.4, 0.5) is 0 Å². The molecule has 0 aliphatic carbocycles. The Labute approximate surface area is 218 Å². The summed E-state index contributed by atoms with van der Waals surface area (Å²) in [4.78, 5) is 24.0. The van der Waals surface area contributed by atoms with Gasteiger partial charge in [0.25, 0.3) is 5.91 Å². The molecule has 0 aliphatic heterocycles. The lowest BCUT2D eigenvalue weighted by Gasteiger charge is -2.09. The van der Waals surface area contributed by atoms with Crippen LogP contribution in [0.2, 0.25) is 0 Å². The van der Waals surface area contributed by atoms with E-state index in [4.69, 9.17) is 4.74 Å². The van der Waals surface area contributed by atoms with Crippen molar-refractivity contribution in [2.45, 2.75) is 6.61 Å². The summed E-state index contributed by atoms with van der Waals surface area (Å²) in [5, 5.41) is 13.3. The van der Waals surface area contributed by atoms with Gasteiger partial charge in [-0.15, -0.1) is 0 Å². The van der Waals surface area contributed by atoms with E-state index in [0.29, 0.717) is 23.4 Å². The van der Waals surface area contributed by atoms with Crippen LogP contribution in [0, 0.1) is 0 Å². The number of H-pyrrole nitrogens is 1. The summed E-state index contributed by atoms with van der Waals surface area (Å²) in [5.41, 5.74) is 6.47. The fourth-order valence-electron chi connectivity index (χ4n) is 3.94. The average Bonchev–Trinajstić information content (AvgIpc) is 3.47. The van der Waals surface area contributed by atoms with Gasteiger partial charge >= 0.3 is 5.97 Å². The molecule has 0 radical (unpaired) electrons. The van der Waals surface area contributed by atoms with Crippen molar-refractivity contribution in [3.05, 3.63) is 119 Å². The number of esters is 1. The first-order chi connectivity index (χ1) is 18.6. The monoisotopic (exact) mass is 504 g/mol. The van der Waals surface area contributed by atoms with Crippen molar-refractivity contribution in [1.29, 1.82) is 0 Å². The van der Waals surface area contributed by atoms with Crippen molar-refractivity contribution in [3.8, 4) is 17.0 Å². The molecular weight excluding hydrogens is 480 g/mol. The third-order valence-electron chi connectivity index (χ3n) is 5.96. The number of hydrogen-bond donors (Lipinski definition) is 2. The van der Waals surface area contributed by atoms with Crippen LogP contribution in [0.3, 0.4) is 0 Å². The van der Waals surface area contributed by atoms with E-state index in [0.717, 1.165) is 16.9 Å². The fraction of sp³-hybridized carbons (Fsp3) is 0.0667. The van der Waals surface area contributed by atoms with E-state index in [2.05, 4.69) is 49.7 Å². The van der Waals surface area contributed by atoms with E-state index in [9.17, 15) is 9.59 Å². The van der Waals surface area contributed by atoms with E-state index in [1.54, 1.807) is 30.3 Å². The number of hydrazone groups is 1. The highest BCUT2D eigenvalue weighted by molar-refractivity contribution is 5.94. The number of rotatable bonds is 8. The molecule has 1 amide bonds. The molecule has 2 N–H and O–H groups in total. The minimum absolute atomic E-state index is 0.273. The van der Waals surface area contributed by atoms with Gasteiger partial charge in [0.05, 0.1) is 24.6 Å². The number of aromatic nitrogens is 2. The SMILES string of the molecule is COC(=O)c1ccc(/C=N/NC(=O)c2cc(-c3ccc(OCc4cccc5ccccc45)cc3)n[nH]2)cc1. The molecule has 0 atom stereocenters. The maximum atomic E-state index is 12.5. The van der Waals surface area contributed by atoms with Crippen LogP contribution < -0.4 is 10.2 Å². The van der Waals surface area contributed by atoms with Crippen LogP contribution in [-0.2, 0) is 11.3 Å². The Balaban J connectivity index is 1.17. The number of hydrogen-bond acceptors (Lipinski definition) is 6. The van der Waals surface area contributed by atoms with E-state index >= 15 is 0 Å². The molecule has 8 heteroatoms. The van der Waals surface area contributed by atoms with Crippen LogP contribution in [-0.4, -0.2) is 35.4 Å². The number of fused-ring (bicyclic) bond motifs is 1. The predicted molar refractivity (Wildman–Crippen MR) is 145 cm³/mol. The third kappa shape index (κ3) is 5.60. The van der Waals surface area contributed by atoms with Gasteiger partial charge in [0, 0.05) is 5.56 Å². The molecule has 0 fully saturated rings. The molecule has 0 saturated heterocycles. The smallest absolute Gasteiger partial charge is 0.337 e. The average molecular weight is 505 g/mol. The summed E-state index contributed by atoms with van der Waals surface area (Å²) in [6.07, 6.45) is 1.48. The van der Waals surface area contributed by atoms with Gasteiger partial charge in [-0.05, 0) is 64.4 Å². The number of aromatic amines is 1. The van der Waals surface area contributed by atoms with Gasteiger partial charge in [-0.3, -0.25) is 9.89 Å². The number of amides is 1. The Morgan fingerprint density at radius 3 is 2.50 bits per heavy atom. The lowest BCUT2D eigenvalue weighted by Crippen LogP contribution is -2.18. The molecule has 0 unspecified atom stereocenters. The summed E-state index contributed by atoms with van der Waals surface area (Å²) in [5.74, 6) is -0.106. The molecule has 8 nitrogen and oxygen atoms in total. The summed E-state index contributed by atoms with van der Waals surface area (Å²) in [7, 11) is 1.33. The predicted octanol–water partition coefficient (Wildman–Crippen LogP) is 5.36. The van der Waals surface area contributed by atoms with Crippen molar-refractivity contribution >= 4 is 28.9 Å². The van der Waals surface area contributed by atoms with Gasteiger partial charge in [-0.1, -0.05) is 54.6 Å². The molecule has 5 rings (SSSR count). The van der Waals surface area contributed by atoms with Crippen LogP contribution in [0.15, 0.2) is 102 Å². The van der Waals surface area contributed by atoms with Crippen LogP contribution in [0.1, 0.15) is 32.0 Å². The van der Waals surface area contributed by atoms with Gasteiger partial charge in [0.2, 0.25) is 0 Å². The minimum atomic E-state index is -0.429. The number of nitrogens with zero attached hydrogens (tertiary/aromatic N) is 2. The number of carbonyl (C=O) groups excluding carboxylic acids is 2. The molecule has 1 heterocycles. The van der Waals surface area contributed by atoms with Crippen molar-refractivity contribution < 1.29 is 19.1 Å². The summed E-state index contributed by atoms with van der Waals surface area (Å²) in [6.45, 7) is 0.462. The molecule has 38 heavy (non-hydrogen) atoms. The van der Waals surface area contributed by atoms with E-state index in [1.165, 1.54) is 24.1 Å². The number of benzene rings is 4. The first-order valence-corrected chi connectivity index (χ1v) is 11.9. The number of ether oxygens (including phenoxy) is 2. The molecule has 0 aliphatic rings. The van der Waals surface area contributed by atoms with Gasteiger partial charge in [-0.25, -0.2) is 10.2 Å². The molecule has 0 spiro atoms. The normalized spacial score (nSPS) is 11.0. The van der Waals surface area contributed by atoms with Crippen molar-refractivity contribution in [3.63, 3.8) is 0 Å². The molecular formula is C30H24N4O4. The second-order valence-corrected chi connectivity index (χ2v) is 8.43. The lowest BCUT2D eigenvalue weighted by atomic mass is 10.1. The first-order valence-electron chi connectivity index (χ1n) is 11.9. The first kappa shape index (κ1) is 24.5. The van der Waals surface area contributed by atoms with Gasteiger partial charge < -0.3 is 9.47 Å². The van der Waals surface area contributed by atoms with Crippen LogP contribution >= 0.6 is 0 Å². The fourth-order valence-corrected chi connectivity index (χ4v) is 3.94. The highest BCUT2D eigenvalue weighted by Crippen LogP contribution is 2.24. The standard InChI is InChI=1S/C30H24N4O4/c1-37-30(36)23-11-9-20(10-12-23)18-31-34-29(35)28-17-27(32-33-28)22-13-15-25(16-14-22)38-19-24-7-4-6-21-5-2-3-8-26(21)24/h2-18H,19H2,1H3,(H,32,33)(H,34,35)/b31-18+. The summed E-state index contributed by atoms with van der Waals surface area (Å²) >= 11 is 0. The summed E-state index contributed by atoms with van der Waals surface area (Å²) in [6, 6.07) is 30.3. The quantitative estimate of drug-likeness (QED) is 0.168. The van der Waals surface area contributed by atoms with Crippen molar-refractivity contribution in [2.24, 2.45) is 5.10 Å². The Morgan fingerprint density at radius 2 is 1.71 bits per heavy atom. The van der Waals surface area contributed by atoms with Crippen molar-refractivity contribution in [1.82, 2.24) is 15.6 Å². The molecule has 1 aromatic heterocycles. The number of methoxy groups -OCH3 is 1. The maximum Gasteiger partial charge on any atom is 0.337 e. The topological polar surface area (TPSA) is 106 Å². The van der Waals surface area contributed by atoms with Gasteiger partial charge in [0.1, 0.15) is 18.1 Å². The largest absolute Gasteiger partial charge is 0.489 e. The zero-order valence-electron chi connectivity index (χ0n) is 20.5. The number of nitrogens with one attached hydrogen (secondary N) is 2. The molecule has 188 valence electrons. The minimum Gasteiger partial charge on any atom is -0.489 e. The Hall–Kier alpha value is -5.24. The highest BCUT2D eigenvalue weighted by Gasteiger charge is 2.11. The Kier molecular flexibility index (Phi) is 7.22. The zero-order chi connectivity index (χ0) is 26.3. The Morgan fingerprint density at radius 1 is 0.947 bits per heavy atom. The second-order valence-electron chi connectivity index (χ2n) is 8.43. The maximum absolute atomic E-state index is 12.5. The zero-order valence-corrected chi connectivity index (χ0v) is 20.5. The summed E-state index contributed by atoms with van der Waals surface area (Å²) < 4.78 is 10.7. The van der Waals surface area contributed by atoms with E-state index < -0.39 is 11.9 Å². The van der Waals surface area contributed by atoms with Crippen LogP contribution in [0.5, 0.6) is 5.75 Å². The van der Waals surface area contributed by atoms with Gasteiger partial charge in [-0.2, -0.15) is 10.2 Å². The van der Waals surface area contributed by atoms with E-state index in [-0.39, 0.29) is 5.69 Å². The molecule has 0 saturated carbocycles. The second kappa shape index (κ2) is 11.2. The van der Waals surface area contributed by atoms with Crippen LogP contribution in [0.25, 0.3) is 22.0 Å². The molecule has 4 aromatic carbocycles. The molecule has 0 bridgehead atoms. The lowest BCUT2D eigenvalue weighted by molar-refractivity contribution is 0.0600. The highest BCUT2D eigenvalue weighted by atomic mass is 16.5. The van der Waals surface area contributed by atoms with Gasteiger partial charge in [0.15, 0.2) is 0 Å². The molecule has 5 aromatic rings. The number of carbonyl (C=O) groups is 2. The third-order valence-corrected chi connectivity index (χ3v) is 5.96.